The molecule has 2 N–H and O–H groups in total. The van der Waals surface area contributed by atoms with E-state index in [4.69, 9.17) is 0 Å². The van der Waals surface area contributed by atoms with Crippen LogP contribution in [0.15, 0.2) is 27.6 Å². The summed E-state index contributed by atoms with van der Waals surface area (Å²) in [6.07, 6.45) is 5.69. The van der Waals surface area contributed by atoms with Crippen molar-refractivity contribution >= 4 is 5.91 Å². The molecule has 1 aliphatic carbocycles. The zero-order chi connectivity index (χ0) is 13.0. The van der Waals surface area contributed by atoms with Crippen LogP contribution in [0, 0.1) is 0 Å². The van der Waals surface area contributed by atoms with E-state index in [0.29, 0.717) is 0 Å². The van der Waals surface area contributed by atoms with E-state index in [1.807, 2.05) is 0 Å². The van der Waals surface area contributed by atoms with Crippen molar-refractivity contribution in [2.75, 3.05) is 6.54 Å². The average Bonchev–Trinajstić information content (AvgIpc) is 2.38. The van der Waals surface area contributed by atoms with Crippen LogP contribution in [0.5, 0.6) is 0 Å². The second-order valence-corrected chi connectivity index (χ2v) is 4.81. The molecule has 1 aromatic heterocycles. The first-order valence-electron chi connectivity index (χ1n) is 6.19. The standard InChI is InChI=1S/C13H17NO4/c15-11-5-4-10(8-18-11)12(16)14-9-13(17)6-2-1-3-7-13/h4-5,8,17H,1-3,6-7,9H2,(H,14,16). The van der Waals surface area contributed by atoms with E-state index in [2.05, 4.69) is 9.73 Å². The Morgan fingerprint density at radius 3 is 2.67 bits per heavy atom. The van der Waals surface area contributed by atoms with Gasteiger partial charge in [-0.05, 0) is 18.9 Å². The lowest BCUT2D eigenvalue weighted by Crippen LogP contribution is -2.44. The molecule has 2 rings (SSSR count). The minimum atomic E-state index is -0.788. The highest BCUT2D eigenvalue weighted by molar-refractivity contribution is 5.93. The highest BCUT2D eigenvalue weighted by Gasteiger charge is 2.29. The zero-order valence-electron chi connectivity index (χ0n) is 10.1. The van der Waals surface area contributed by atoms with Crippen molar-refractivity contribution in [1.82, 2.24) is 5.32 Å². The van der Waals surface area contributed by atoms with Crippen LogP contribution in [0.2, 0.25) is 0 Å². The Kier molecular flexibility index (Phi) is 3.81. The van der Waals surface area contributed by atoms with Crippen molar-refractivity contribution in [3.63, 3.8) is 0 Å². The van der Waals surface area contributed by atoms with E-state index in [1.165, 1.54) is 12.1 Å². The van der Waals surface area contributed by atoms with Gasteiger partial charge in [-0.2, -0.15) is 0 Å². The van der Waals surface area contributed by atoms with Gasteiger partial charge in [-0.25, -0.2) is 4.79 Å². The lowest BCUT2D eigenvalue weighted by atomic mass is 9.85. The smallest absolute Gasteiger partial charge is 0.335 e. The Labute approximate surface area is 105 Å². The molecule has 0 bridgehead atoms. The molecular formula is C13H17NO4. The summed E-state index contributed by atoms with van der Waals surface area (Å²) < 4.78 is 4.62. The summed E-state index contributed by atoms with van der Waals surface area (Å²) in [5, 5.41) is 12.9. The lowest BCUT2D eigenvalue weighted by Gasteiger charge is -2.32. The zero-order valence-corrected chi connectivity index (χ0v) is 10.1. The Bertz CT molecular complexity index is 454. The number of carbonyl (C=O) groups excluding carboxylic acids is 1. The van der Waals surface area contributed by atoms with Crippen LogP contribution in [0.1, 0.15) is 42.5 Å². The van der Waals surface area contributed by atoms with Gasteiger partial charge in [0.15, 0.2) is 0 Å². The second kappa shape index (κ2) is 5.35. The summed E-state index contributed by atoms with van der Waals surface area (Å²) in [7, 11) is 0. The van der Waals surface area contributed by atoms with Gasteiger partial charge in [0.05, 0.1) is 11.2 Å². The largest absolute Gasteiger partial charge is 0.430 e. The molecule has 1 amide bonds. The lowest BCUT2D eigenvalue weighted by molar-refractivity contribution is 0.00523. The number of rotatable bonds is 3. The summed E-state index contributed by atoms with van der Waals surface area (Å²) >= 11 is 0. The van der Waals surface area contributed by atoms with Gasteiger partial charge < -0.3 is 14.8 Å². The summed E-state index contributed by atoms with van der Waals surface area (Å²) in [6, 6.07) is 2.61. The minimum Gasteiger partial charge on any atom is -0.430 e. The molecule has 0 aliphatic heterocycles. The third kappa shape index (κ3) is 3.20. The molecule has 1 saturated carbocycles. The molecule has 0 radical (unpaired) electrons. The number of aliphatic hydroxyl groups is 1. The van der Waals surface area contributed by atoms with Gasteiger partial charge in [-0.15, -0.1) is 0 Å². The van der Waals surface area contributed by atoms with Crippen LogP contribution in [-0.2, 0) is 0 Å². The van der Waals surface area contributed by atoms with Crippen LogP contribution in [0.25, 0.3) is 0 Å². The predicted octanol–water partition coefficient (Wildman–Crippen LogP) is 1.06. The van der Waals surface area contributed by atoms with Gasteiger partial charge in [-0.3, -0.25) is 4.79 Å². The van der Waals surface area contributed by atoms with Gasteiger partial charge in [0.25, 0.3) is 5.91 Å². The first kappa shape index (κ1) is 12.8. The Balaban J connectivity index is 1.91. The van der Waals surface area contributed by atoms with Crippen LogP contribution < -0.4 is 10.9 Å². The van der Waals surface area contributed by atoms with Crippen molar-refractivity contribution in [1.29, 1.82) is 0 Å². The SMILES string of the molecule is O=C(NCC1(O)CCCCC1)c1ccc(=O)oc1. The molecule has 1 heterocycles. The van der Waals surface area contributed by atoms with Crippen LogP contribution in [-0.4, -0.2) is 23.2 Å². The highest BCUT2D eigenvalue weighted by Crippen LogP contribution is 2.27. The number of hydrogen-bond donors (Lipinski definition) is 2. The van der Waals surface area contributed by atoms with E-state index in [9.17, 15) is 14.7 Å². The van der Waals surface area contributed by atoms with E-state index in [0.717, 1.165) is 38.4 Å². The summed E-state index contributed by atoms with van der Waals surface area (Å²) in [5.41, 5.74) is -0.991. The maximum Gasteiger partial charge on any atom is 0.335 e. The Morgan fingerprint density at radius 1 is 1.33 bits per heavy atom. The van der Waals surface area contributed by atoms with Crippen molar-refractivity contribution in [2.45, 2.75) is 37.7 Å². The molecule has 1 aliphatic rings. The molecule has 0 aromatic carbocycles. The number of hydrogen-bond acceptors (Lipinski definition) is 4. The fourth-order valence-electron chi connectivity index (χ4n) is 2.22. The third-order valence-corrected chi connectivity index (χ3v) is 3.33. The molecule has 18 heavy (non-hydrogen) atoms. The van der Waals surface area contributed by atoms with Crippen molar-refractivity contribution in [3.8, 4) is 0 Å². The highest BCUT2D eigenvalue weighted by atomic mass is 16.4. The fourth-order valence-corrected chi connectivity index (χ4v) is 2.22. The Hall–Kier alpha value is -1.62. The first-order chi connectivity index (χ1) is 8.59. The maximum absolute atomic E-state index is 11.8. The fraction of sp³-hybridized carbons (Fsp3) is 0.538. The van der Waals surface area contributed by atoms with Gasteiger partial charge in [0.2, 0.25) is 0 Å². The van der Waals surface area contributed by atoms with E-state index in [1.54, 1.807) is 0 Å². The summed E-state index contributed by atoms with van der Waals surface area (Å²) in [6.45, 7) is 0.241. The monoisotopic (exact) mass is 251 g/mol. The molecule has 0 spiro atoms. The van der Waals surface area contributed by atoms with Gasteiger partial charge in [0, 0.05) is 12.6 Å². The molecule has 98 valence electrons. The van der Waals surface area contributed by atoms with Crippen molar-refractivity contribution < 1.29 is 14.3 Å². The molecule has 0 saturated heterocycles. The number of carbonyl (C=O) groups is 1. The first-order valence-corrected chi connectivity index (χ1v) is 6.19. The molecule has 5 heteroatoms. The molecular weight excluding hydrogens is 234 g/mol. The molecule has 1 fully saturated rings. The van der Waals surface area contributed by atoms with Crippen LogP contribution >= 0.6 is 0 Å². The van der Waals surface area contributed by atoms with Gasteiger partial charge >= 0.3 is 5.63 Å². The van der Waals surface area contributed by atoms with Gasteiger partial charge in [0.1, 0.15) is 6.26 Å². The summed E-state index contributed by atoms with van der Waals surface area (Å²) in [5.74, 6) is -0.335. The van der Waals surface area contributed by atoms with Crippen LogP contribution in [0.3, 0.4) is 0 Å². The normalized spacial score (nSPS) is 18.3. The average molecular weight is 251 g/mol. The molecule has 1 aromatic rings. The predicted molar refractivity (Wildman–Crippen MR) is 65.3 cm³/mol. The van der Waals surface area contributed by atoms with Crippen molar-refractivity contribution in [2.24, 2.45) is 0 Å². The van der Waals surface area contributed by atoms with E-state index in [-0.39, 0.29) is 18.0 Å². The summed E-state index contributed by atoms with van der Waals surface area (Å²) in [4.78, 5) is 22.5. The van der Waals surface area contributed by atoms with Crippen LogP contribution in [0.4, 0.5) is 0 Å². The molecule has 0 unspecified atom stereocenters. The molecule has 5 nitrogen and oxygen atoms in total. The van der Waals surface area contributed by atoms with Crippen molar-refractivity contribution in [3.05, 3.63) is 34.4 Å². The van der Waals surface area contributed by atoms with E-state index >= 15 is 0 Å². The quantitative estimate of drug-likeness (QED) is 0.842. The molecule has 0 atom stereocenters. The Morgan fingerprint density at radius 2 is 2.06 bits per heavy atom. The third-order valence-electron chi connectivity index (χ3n) is 3.33. The maximum atomic E-state index is 11.8. The number of nitrogens with one attached hydrogen (secondary N) is 1. The van der Waals surface area contributed by atoms with Gasteiger partial charge in [-0.1, -0.05) is 19.3 Å². The number of amides is 1. The second-order valence-electron chi connectivity index (χ2n) is 4.81. The minimum absolute atomic E-state index is 0.241. The topological polar surface area (TPSA) is 79.5 Å². The van der Waals surface area contributed by atoms with E-state index < -0.39 is 11.2 Å².